The maximum Gasteiger partial charge on any atom is 0.197 e. The molecule has 0 atom stereocenters. The molecule has 0 saturated carbocycles. The molecular weight excluding hydrogens is 775 g/mol. The van der Waals surface area contributed by atoms with Crippen LogP contribution in [-0.4, -0.2) is 11.8 Å². The number of rotatable bonds is 8. The maximum absolute atomic E-state index is 6.59. The van der Waals surface area contributed by atoms with Crippen LogP contribution in [0, 0.1) is 0 Å². The molecule has 1 aliphatic carbocycles. The smallest absolute Gasteiger partial charge is 0.197 e. The second kappa shape index (κ2) is 14.4. The SMILES string of the molecule is CCCCCc1ccc(Nc2ccccc2-c2cc(-c3ccc4c(c3)oc3ccccc34)c3c4cc(C(C)(C)C)ccc4n4c3c2[B]c2cc3c(cc2-4)-c2ccccc2C3(C)C)cc1. The van der Waals surface area contributed by atoms with Crippen LogP contribution < -0.4 is 16.2 Å². The number of para-hydroxylation sites is 2. The first kappa shape index (κ1) is 38.9. The Hall–Kier alpha value is -6.78. The van der Waals surface area contributed by atoms with Crippen molar-refractivity contribution in [3.63, 3.8) is 0 Å². The van der Waals surface area contributed by atoms with Crippen LogP contribution in [0.3, 0.4) is 0 Å². The molecule has 3 nitrogen and oxygen atoms in total. The summed E-state index contributed by atoms with van der Waals surface area (Å²) in [4.78, 5) is 0. The van der Waals surface area contributed by atoms with Gasteiger partial charge in [-0.05, 0) is 134 Å². The van der Waals surface area contributed by atoms with Crippen LogP contribution in [0.1, 0.15) is 83.1 Å². The molecule has 2 aliphatic rings. The van der Waals surface area contributed by atoms with E-state index < -0.39 is 0 Å². The van der Waals surface area contributed by atoms with Crippen LogP contribution in [0.2, 0.25) is 0 Å². The van der Waals surface area contributed by atoms with E-state index in [-0.39, 0.29) is 10.8 Å². The Bertz CT molecular complexity index is 3520. The number of nitrogens with zero attached hydrogens (tertiary/aromatic N) is 1. The number of anilines is 2. The number of fused-ring (bicyclic) bond motifs is 11. The van der Waals surface area contributed by atoms with E-state index in [1.165, 1.54) is 108 Å². The van der Waals surface area contributed by atoms with Crippen LogP contribution >= 0.6 is 0 Å². The van der Waals surface area contributed by atoms with Gasteiger partial charge in [-0.3, -0.25) is 0 Å². The molecule has 2 aromatic heterocycles. The first-order chi connectivity index (χ1) is 31.1. The molecular formula is C60H52BN2O. The zero-order valence-corrected chi connectivity index (χ0v) is 37.7. The molecule has 0 unspecified atom stereocenters. The number of aromatic nitrogens is 1. The highest BCUT2D eigenvalue weighted by Crippen LogP contribution is 2.50. The molecule has 8 aromatic carbocycles. The van der Waals surface area contributed by atoms with Crippen molar-refractivity contribution in [2.24, 2.45) is 0 Å². The van der Waals surface area contributed by atoms with Crippen LogP contribution in [0.4, 0.5) is 11.4 Å². The number of benzene rings is 8. The lowest BCUT2D eigenvalue weighted by Gasteiger charge is -2.27. The zero-order valence-electron chi connectivity index (χ0n) is 37.7. The molecule has 10 aromatic rings. The number of aryl methyl sites for hydroxylation is 1. The molecule has 12 rings (SSSR count). The Labute approximate surface area is 377 Å². The molecule has 1 radical (unpaired) electrons. The van der Waals surface area contributed by atoms with Crippen molar-refractivity contribution in [1.82, 2.24) is 4.57 Å². The first-order valence-corrected chi connectivity index (χ1v) is 23.2. The summed E-state index contributed by atoms with van der Waals surface area (Å²) in [5.74, 6) is 0. The Kier molecular flexibility index (Phi) is 8.73. The van der Waals surface area contributed by atoms with Crippen LogP contribution in [0.25, 0.3) is 82.8 Å². The predicted molar refractivity (Wildman–Crippen MR) is 273 cm³/mol. The van der Waals surface area contributed by atoms with Crippen LogP contribution in [0.5, 0.6) is 0 Å². The van der Waals surface area contributed by atoms with E-state index in [0.717, 1.165) is 45.3 Å². The third kappa shape index (κ3) is 5.95. The van der Waals surface area contributed by atoms with E-state index in [1.54, 1.807) is 0 Å². The lowest BCUT2D eigenvalue weighted by Crippen LogP contribution is -2.38. The second-order valence-electron chi connectivity index (χ2n) is 19.8. The van der Waals surface area contributed by atoms with Gasteiger partial charge in [0.2, 0.25) is 0 Å². The van der Waals surface area contributed by atoms with Gasteiger partial charge >= 0.3 is 0 Å². The van der Waals surface area contributed by atoms with Crippen molar-refractivity contribution in [3.8, 4) is 39.1 Å². The van der Waals surface area contributed by atoms with Gasteiger partial charge < -0.3 is 14.3 Å². The fourth-order valence-electron chi connectivity index (χ4n) is 11.0. The van der Waals surface area contributed by atoms with Gasteiger partial charge in [0.25, 0.3) is 0 Å². The summed E-state index contributed by atoms with van der Waals surface area (Å²) in [6, 6.07) is 56.8. The highest BCUT2D eigenvalue weighted by atomic mass is 16.3. The van der Waals surface area contributed by atoms with Crippen molar-refractivity contribution < 1.29 is 4.42 Å². The average molecular weight is 828 g/mol. The summed E-state index contributed by atoms with van der Waals surface area (Å²) in [6.07, 6.45) is 4.84. The van der Waals surface area contributed by atoms with E-state index in [4.69, 9.17) is 4.42 Å². The number of hydrogen-bond donors (Lipinski definition) is 1. The number of furan rings is 1. The van der Waals surface area contributed by atoms with Gasteiger partial charge in [0, 0.05) is 55.1 Å². The molecule has 0 fully saturated rings. The van der Waals surface area contributed by atoms with Gasteiger partial charge in [-0.15, -0.1) is 0 Å². The van der Waals surface area contributed by atoms with Gasteiger partial charge in [0.15, 0.2) is 7.28 Å². The summed E-state index contributed by atoms with van der Waals surface area (Å²) in [6.45, 7) is 14.0. The van der Waals surface area contributed by atoms with Gasteiger partial charge in [0.05, 0.1) is 5.52 Å². The quantitative estimate of drug-likeness (QED) is 0.122. The standard InChI is InChI=1S/C60H52BN2O/c1-7-8-9-16-36-23-27-39(28-24-36)62-51-21-14-11-18-41(51)46-33-44(37-25-29-43-42-19-12-15-22-54(42)64-55(43)31-37)56-47-32-38(59(2,3)4)26-30-52(47)63-53-34-45-40-17-10-13-20-48(40)60(5,6)49(45)35-50(53)61-57(46)58(56)63/h10-15,17-35,62H,7-9,16H2,1-6H3. The number of nitrogens with one attached hydrogen (secondary N) is 1. The van der Waals surface area contributed by atoms with Crippen molar-refractivity contribution >= 4 is 73.3 Å². The van der Waals surface area contributed by atoms with E-state index >= 15 is 0 Å². The van der Waals surface area contributed by atoms with Crippen molar-refractivity contribution in [1.29, 1.82) is 0 Å². The predicted octanol–water partition coefficient (Wildman–Crippen LogP) is 15.1. The molecule has 0 saturated heterocycles. The minimum atomic E-state index is -0.116. The Balaban J connectivity index is 1.15. The summed E-state index contributed by atoms with van der Waals surface area (Å²) in [5.41, 5.74) is 22.8. The number of hydrogen-bond acceptors (Lipinski definition) is 2. The van der Waals surface area contributed by atoms with Crippen molar-refractivity contribution in [3.05, 3.63) is 174 Å². The number of unbranched alkanes of at least 4 members (excludes halogenated alkanes) is 2. The van der Waals surface area contributed by atoms with E-state index in [0.29, 0.717) is 0 Å². The Morgan fingerprint density at radius 1 is 0.625 bits per heavy atom. The molecule has 0 bridgehead atoms. The summed E-state index contributed by atoms with van der Waals surface area (Å²) in [5, 5.41) is 8.70. The van der Waals surface area contributed by atoms with Gasteiger partial charge in [-0.2, -0.15) is 0 Å². The fraction of sp³-hybridized carbons (Fsp3) is 0.200. The molecule has 1 aliphatic heterocycles. The van der Waals surface area contributed by atoms with Gasteiger partial charge in [-0.25, -0.2) is 0 Å². The lowest BCUT2D eigenvalue weighted by atomic mass is 9.58. The highest BCUT2D eigenvalue weighted by Gasteiger charge is 2.38. The third-order valence-electron chi connectivity index (χ3n) is 14.4. The van der Waals surface area contributed by atoms with Gasteiger partial charge in [-0.1, -0.05) is 151 Å². The van der Waals surface area contributed by atoms with Gasteiger partial charge in [0.1, 0.15) is 11.2 Å². The van der Waals surface area contributed by atoms with Crippen molar-refractivity contribution in [2.45, 2.75) is 78.1 Å². The maximum atomic E-state index is 6.59. The second-order valence-corrected chi connectivity index (χ2v) is 19.8. The summed E-state index contributed by atoms with van der Waals surface area (Å²) in [7, 11) is 2.49. The van der Waals surface area contributed by atoms with E-state index in [1.807, 2.05) is 0 Å². The van der Waals surface area contributed by atoms with Crippen molar-refractivity contribution in [2.75, 3.05) is 5.32 Å². The summed E-state index contributed by atoms with van der Waals surface area (Å²) < 4.78 is 9.18. The van der Waals surface area contributed by atoms with Crippen LogP contribution in [0.15, 0.2) is 156 Å². The topological polar surface area (TPSA) is 30.1 Å². The molecule has 1 N–H and O–H groups in total. The first-order valence-electron chi connectivity index (χ1n) is 23.2. The lowest BCUT2D eigenvalue weighted by molar-refractivity contribution is 0.591. The monoisotopic (exact) mass is 827 g/mol. The average Bonchev–Trinajstić information content (AvgIpc) is 3.92. The van der Waals surface area contributed by atoms with Crippen LogP contribution in [-0.2, 0) is 17.3 Å². The molecule has 64 heavy (non-hydrogen) atoms. The molecule has 311 valence electrons. The molecule has 0 amide bonds. The molecule has 3 heterocycles. The third-order valence-corrected chi connectivity index (χ3v) is 14.4. The summed E-state index contributed by atoms with van der Waals surface area (Å²) >= 11 is 0. The van der Waals surface area contributed by atoms with E-state index in [9.17, 15) is 0 Å². The zero-order chi connectivity index (χ0) is 43.5. The fourth-order valence-corrected chi connectivity index (χ4v) is 11.0. The Morgan fingerprint density at radius 2 is 1.39 bits per heavy atom. The van der Waals surface area contributed by atoms with E-state index in [2.05, 4.69) is 210 Å². The Morgan fingerprint density at radius 3 is 2.22 bits per heavy atom. The molecule has 4 heteroatoms. The minimum Gasteiger partial charge on any atom is -0.456 e. The normalized spacial score (nSPS) is 13.7. The largest absolute Gasteiger partial charge is 0.456 e. The minimum absolute atomic E-state index is 0.0304. The highest BCUT2D eigenvalue weighted by molar-refractivity contribution is 6.73. The molecule has 0 spiro atoms.